The van der Waals surface area contributed by atoms with Gasteiger partial charge >= 0.3 is 24.1 Å². The van der Waals surface area contributed by atoms with Crippen LogP contribution in [0.25, 0.3) is 0 Å². The number of aliphatic carboxylic acids is 2. The Morgan fingerprint density at radius 3 is 1.43 bits per heavy atom. The first-order valence-electron chi connectivity index (χ1n) is 13.0. The maximum atomic E-state index is 12.5. The number of ether oxygens (including phenoxy) is 2. The average molecular weight is 557 g/mol. The highest BCUT2D eigenvalue weighted by molar-refractivity contribution is 5.70. The molecule has 0 aliphatic heterocycles. The monoisotopic (exact) mass is 556 g/mol. The molecule has 0 saturated heterocycles. The van der Waals surface area contributed by atoms with E-state index in [0.717, 1.165) is 0 Å². The zero-order valence-corrected chi connectivity index (χ0v) is 24.2. The molecule has 0 fully saturated rings. The maximum absolute atomic E-state index is 12.5. The number of carboxylic acid groups (broad SMARTS) is 2. The van der Waals surface area contributed by atoms with Crippen LogP contribution in [0.15, 0.2) is 24.3 Å². The van der Waals surface area contributed by atoms with Crippen LogP contribution in [0.2, 0.25) is 0 Å². The van der Waals surface area contributed by atoms with Gasteiger partial charge < -0.3 is 19.7 Å². The van der Waals surface area contributed by atoms with Crippen molar-refractivity contribution in [3.8, 4) is 23.7 Å². The smallest absolute Gasteiger partial charge is 0.411 e. The first-order chi connectivity index (χ1) is 18.6. The molecule has 0 heterocycles. The zero-order chi connectivity index (χ0) is 30.3. The molecule has 0 atom stereocenters. The molecule has 0 aliphatic rings. The summed E-state index contributed by atoms with van der Waals surface area (Å²) in [6, 6.07) is 7.13. The van der Waals surface area contributed by atoms with Crippen LogP contribution in [0.1, 0.15) is 78.4 Å². The maximum Gasteiger partial charge on any atom is 0.411 e. The van der Waals surface area contributed by atoms with Crippen LogP contribution in [0, 0.1) is 23.7 Å². The molecule has 0 spiro atoms. The number of hydrogen-bond acceptors (Lipinski definition) is 6. The molecule has 40 heavy (non-hydrogen) atoms. The average Bonchev–Trinajstić information content (AvgIpc) is 2.79. The summed E-state index contributed by atoms with van der Waals surface area (Å²) in [5, 5.41) is 17.8. The van der Waals surface area contributed by atoms with E-state index in [0.29, 0.717) is 11.1 Å². The van der Waals surface area contributed by atoms with E-state index in [1.54, 1.807) is 65.8 Å². The van der Waals surface area contributed by atoms with Gasteiger partial charge in [0.05, 0.1) is 13.1 Å². The molecule has 0 bridgehead atoms. The fraction of sp³-hybridized carbons (Fsp3) is 0.533. The number of carbonyl (C=O) groups is 4. The fourth-order valence-electron chi connectivity index (χ4n) is 3.11. The summed E-state index contributed by atoms with van der Waals surface area (Å²) < 4.78 is 10.8. The summed E-state index contributed by atoms with van der Waals surface area (Å²) in [4.78, 5) is 49.5. The quantitative estimate of drug-likeness (QED) is 0.400. The van der Waals surface area contributed by atoms with E-state index >= 15 is 0 Å². The van der Waals surface area contributed by atoms with E-state index in [2.05, 4.69) is 23.7 Å². The first-order valence-corrected chi connectivity index (χ1v) is 13.0. The van der Waals surface area contributed by atoms with Gasteiger partial charge in [-0.2, -0.15) is 0 Å². The van der Waals surface area contributed by atoms with Gasteiger partial charge in [0.15, 0.2) is 0 Å². The second-order valence-electron chi connectivity index (χ2n) is 11.0. The molecule has 1 aromatic carbocycles. The molecule has 0 saturated carbocycles. The van der Waals surface area contributed by atoms with Crippen LogP contribution in [0.5, 0.6) is 0 Å². The number of carboxylic acids is 2. The molecule has 10 heteroatoms. The van der Waals surface area contributed by atoms with Crippen LogP contribution in [-0.2, 0) is 19.1 Å². The topological polar surface area (TPSA) is 134 Å². The normalized spacial score (nSPS) is 10.8. The second kappa shape index (κ2) is 16.0. The van der Waals surface area contributed by atoms with Crippen molar-refractivity contribution < 1.29 is 38.9 Å². The highest BCUT2D eigenvalue weighted by atomic mass is 16.6. The molecule has 10 nitrogen and oxygen atoms in total. The summed E-state index contributed by atoms with van der Waals surface area (Å²) >= 11 is 0. The number of amides is 2. The molecular weight excluding hydrogens is 516 g/mol. The van der Waals surface area contributed by atoms with E-state index in [1.807, 2.05) is 0 Å². The van der Waals surface area contributed by atoms with Gasteiger partial charge in [-0.3, -0.25) is 19.4 Å². The standard InChI is InChI=1S/C30H40N2O8/c1-29(2,3)39-27(37)31(20-10-16-25(33)34)18-8-14-23-12-7-13-24(22-23)15-9-19-32(21-11-17-26(35)36)28(38)40-30(4,5)6/h7,12-13,22H,10-11,16-21H2,1-6H3,(H,33,34)(H,35,36). The van der Waals surface area contributed by atoms with Crippen molar-refractivity contribution in [1.82, 2.24) is 9.80 Å². The highest BCUT2D eigenvalue weighted by Gasteiger charge is 2.22. The van der Waals surface area contributed by atoms with Crippen molar-refractivity contribution in [2.75, 3.05) is 26.2 Å². The Morgan fingerprint density at radius 1 is 0.725 bits per heavy atom. The Bertz CT molecular complexity index is 1070. The lowest BCUT2D eigenvalue weighted by atomic mass is 10.1. The number of hydrogen-bond donors (Lipinski definition) is 2. The predicted octanol–water partition coefficient (Wildman–Crippen LogP) is 4.59. The lowest BCUT2D eigenvalue weighted by Gasteiger charge is -2.26. The van der Waals surface area contributed by atoms with Gasteiger partial charge in [0, 0.05) is 37.1 Å². The van der Waals surface area contributed by atoms with Gasteiger partial charge in [0.25, 0.3) is 0 Å². The Balaban J connectivity index is 2.94. The number of benzene rings is 1. The van der Waals surface area contributed by atoms with Crippen LogP contribution in [0.3, 0.4) is 0 Å². The molecule has 218 valence electrons. The Kier molecular flexibility index (Phi) is 13.6. The van der Waals surface area contributed by atoms with E-state index in [9.17, 15) is 19.2 Å². The summed E-state index contributed by atoms with van der Waals surface area (Å²) in [7, 11) is 0. The van der Waals surface area contributed by atoms with Gasteiger partial charge in [-0.25, -0.2) is 9.59 Å². The van der Waals surface area contributed by atoms with Gasteiger partial charge in [0.2, 0.25) is 0 Å². The summed E-state index contributed by atoms with van der Waals surface area (Å²) in [6.45, 7) is 11.0. The van der Waals surface area contributed by atoms with Gasteiger partial charge in [-0.05, 0) is 72.6 Å². The number of nitrogens with zero attached hydrogens (tertiary/aromatic N) is 2. The molecule has 2 amide bonds. The molecule has 0 radical (unpaired) electrons. The van der Waals surface area contributed by atoms with Crippen LogP contribution < -0.4 is 0 Å². The minimum absolute atomic E-state index is 0.0611. The lowest BCUT2D eigenvalue weighted by Crippen LogP contribution is -2.37. The molecule has 0 unspecified atom stereocenters. The Morgan fingerprint density at radius 2 is 1.10 bits per heavy atom. The fourth-order valence-corrected chi connectivity index (χ4v) is 3.11. The SMILES string of the molecule is CC(C)(C)OC(=O)N(CC#Cc1cccc(C#CCN(CCCC(=O)O)C(=O)OC(C)(C)C)c1)CCCC(=O)O. The van der Waals surface area contributed by atoms with Crippen molar-refractivity contribution in [1.29, 1.82) is 0 Å². The third kappa shape index (κ3) is 15.9. The molecular formula is C30H40N2O8. The molecule has 0 aromatic heterocycles. The van der Waals surface area contributed by atoms with Crippen molar-refractivity contribution in [2.45, 2.75) is 78.4 Å². The third-order valence-corrected chi connectivity index (χ3v) is 4.81. The van der Waals surface area contributed by atoms with Gasteiger partial charge in [-0.1, -0.05) is 29.7 Å². The van der Waals surface area contributed by atoms with Crippen LogP contribution in [0.4, 0.5) is 9.59 Å². The Hall–Kier alpha value is -4.18. The van der Waals surface area contributed by atoms with Crippen molar-refractivity contribution >= 4 is 24.1 Å². The highest BCUT2D eigenvalue weighted by Crippen LogP contribution is 2.12. The lowest BCUT2D eigenvalue weighted by molar-refractivity contribution is -0.138. The van der Waals surface area contributed by atoms with Crippen LogP contribution >= 0.6 is 0 Å². The van der Waals surface area contributed by atoms with Crippen LogP contribution in [-0.4, -0.2) is 81.5 Å². The summed E-state index contributed by atoms with van der Waals surface area (Å²) in [5.41, 5.74) is -0.0747. The van der Waals surface area contributed by atoms with Crippen molar-refractivity contribution in [2.24, 2.45) is 0 Å². The van der Waals surface area contributed by atoms with Crippen molar-refractivity contribution in [3.05, 3.63) is 35.4 Å². The molecule has 1 aromatic rings. The van der Waals surface area contributed by atoms with Gasteiger partial charge in [0.1, 0.15) is 11.2 Å². The predicted molar refractivity (Wildman–Crippen MR) is 150 cm³/mol. The summed E-state index contributed by atoms with van der Waals surface area (Å²) in [6.07, 6.45) is -0.721. The summed E-state index contributed by atoms with van der Waals surface area (Å²) in [5.74, 6) is 9.98. The molecule has 0 aliphatic carbocycles. The van der Waals surface area contributed by atoms with Crippen molar-refractivity contribution in [3.63, 3.8) is 0 Å². The largest absolute Gasteiger partial charge is 0.481 e. The van der Waals surface area contributed by atoms with E-state index in [-0.39, 0.29) is 51.9 Å². The Labute approximate surface area is 236 Å². The zero-order valence-electron chi connectivity index (χ0n) is 24.2. The second-order valence-corrected chi connectivity index (χ2v) is 11.0. The minimum Gasteiger partial charge on any atom is -0.481 e. The van der Waals surface area contributed by atoms with Gasteiger partial charge in [-0.15, -0.1) is 0 Å². The van der Waals surface area contributed by atoms with E-state index in [1.165, 1.54) is 9.80 Å². The third-order valence-electron chi connectivity index (χ3n) is 4.81. The number of carbonyl (C=O) groups excluding carboxylic acids is 2. The van der Waals surface area contributed by atoms with E-state index in [4.69, 9.17) is 19.7 Å². The molecule has 2 N–H and O–H groups in total. The minimum atomic E-state index is -0.942. The first kappa shape index (κ1) is 33.8. The number of rotatable bonds is 10. The van der Waals surface area contributed by atoms with E-state index < -0.39 is 35.3 Å². The molecule has 1 rings (SSSR count).